The van der Waals surface area contributed by atoms with Gasteiger partial charge in [-0.05, 0) is 37.5 Å². The van der Waals surface area contributed by atoms with Crippen LogP contribution in [0.2, 0.25) is 0 Å². The number of esters is 1. The van der Waals surface area contributed by atoms with E-state index >= 15 is 0 Å². The number of aromatic amines is 1. The summed E-state index contributed by atoms with van der Waals surface area (Å²) in [6, 6.07) is 7.31. The molecule has 1 aromatic carbocycles. The van der Waals surface area contributed by atoms with Crippen LogP contribution in [0.1, 0.15) is 36.8 Å². The molecule has 1 fully saturated rings. The number of carbonyl (C=O) groups excluding carboxylic acids is 2. The molecule has 9 nitrogen and oxygen atoms in total. The second kappa shape index (κ2) is 8.78. The lowest BCUT2D eigenvalue weighted by Crippen LogP contribution is -2.41. The number of amides is 1. The molecule has 4 rings (SSSR count). The Morgan fingerprint density at radius 2 is 1.97 bits per heavy atom. The number of rotatable bonds is 4. The number of nitriles is 1. The number of ether oxygens (including phenoxy) is 1. The lowest BCUT2D eigenvalue weighted by Gasteiger charge is -2.33. The van der Waals surface area contributed by atoms with Crippen molar-refractivity contribution in [2.45, 2.75) is 25.7 Å². The molecule has 166 valence electrons. The highest BCUT2D eigenvalue weighted by Gasteiger charge is 2.40. The molecule has 0 aliphatic carbocycles. The third-order valence-electron chi connectivity index (χ3n) is 5.89. The molecule has 2 atom stereocenters. The van der Waals surface area contributed by atoms with Crippen molar-refractivity contribution in [1.82, 2.24) is 9.97 Å². The summed E-state index contributed by atoms with van der Waals surface area (Å²) < 4.78 is 18.5. The number of halogens is 1. The molecule has 1 amide bonds. The van der Waals surface area contributed by atoms with Crippen LogP contribution < -0.4 is 15.8 Å². The number of hydrogen-bond acceptors (Lipinski definition) is 7. The Kier molecular flexibility index (Phi) is 5.90. The molecular weight excluding hydrogens is 417 g/mol. The van der Waals surface area contributed by atoms with E-state index in [1.807, 2.05) is 11.0 Å². The number of nitrogens with zero attached hydrogens (tertiary/aromatic N) is 3. The summed E-state index contributed by atoms with van der Waals surface area (Å²) in [5.74, 6) is -3.11. The molecular formula is C22H22FN5O4. The van der Waals surface area contributed by atoms with E-state index in [-0.39, 0.29) is 29.2 Å². The number of hydrogen-bond donors (Lipinski definition) is 2. The predicted octanol–water partition coefficient (Wildman–Crippen LogP) is 1.91. The lowest BCUT2D eigenvalue weighted by atomic mass is 9.79. The smallest absolute Gasteiger partial charge is 0.309 e. The molecule has 2 aromatic rings. The Labute approximate surface area is 183 Å². The number of anilines is 2. The normalized spacial score (nSPS) is 20.8. The summed E-state index contributed by atoms with van der Waals surface area (Å²) in [6.45, 7) is 3.07. The maximum atomic E-state index is 13.4. The molecule has 0 spiro atoms. The lowest BCUT2D eigenvalue weighted by molar-refractivity contribution is -0.148. The number of aromatic nitrogens is 2. The van der Waals surface area contributed by atoms with Crippen LogP contribution in [0.15, 0.2) is 29.1 Å². The Balaban J connectivity index is 1.66. The first kappa shape index (κ1) is 21.5. The molecule has 0 bridgehead atoms. The van der Waals surface area contributed by atoms with Crippen molar-refractivity contribution in [3.63, 3.8) is 0 Å². The Morgan fingerprint density at radius 3 is 2.59 bits per heavy atom. The predicted molar refractivity (Wildman–Crippen MR) is 112 cm³/mol. The van der Waals surface area contributed by atoms with Crippen molar-refractivity contribution in [3.8, 4) is 6.07 Å². The summed E-state index contributed by atoms with van der Waals surface area (Å²) in [4.78, 5) is 46.7. The summed E-state index contributed by atoms with van der Waals surface area (Å²) >= 11 is 0. The number of H-pyrrole nitrogens is 1. The standard InChI is InChI=1S/C22H22FN5O4/c1-2-32-21(31)13-7-9-28(10-8-13)22-26-18-17(20(30)27-22)16(15(11-24)19(29)25-18)12-3-5-14(23)6-4-12/h3-6,13,15-16H,2,7-10H2,1H3,(H2,25,26,27,29,30). The molecule has 10 heteroatoms. The van der Waals surface area contributed by atoms with Crippen molar-refractivity contribution in [2.24, 2.45) is 11.8 Å². The van der Waals surface area contributed by atoms with Gasteiger partial charge in [0.15, 0.2) is 0 Å². The van der Waals surface area contributed by atoms with Crippen LogP contribution in [0.4, 0.5) is 16.2 Å². The minimum Gasteiger partial charge on any atom is -0.466 e. The topological polar surface area (TPSA) is 128 Å². The fraction of sp³-hybridized carbons (Fsp3) is 0.409. The summed E-state index contributed by atoms with van der Waals surface area (Å²) in [6.07, 6.45) is 1.11. The molecule has 0 saturated carbocycles. The monoisotopic (exact) mass is 439 g/mol. The van der Waals surface area contributed by atoms with Crippen molar-refractivity contribution in [1.29, 1.82) is 5.26 Å². The van der Waals surface area contributed by atoms with E-state index in [4.69, 9.17) is 4.74 Å². The molecule has 3 heterocycles. The molecule has 0 radical (unpaired) electrons. The highest BCUT2D eigenvalue weighted by molar-refractivity contribution is 5.98. The zero-order chi connectivity index (χ0) is 22.8. The van der Waals surface area contributed by atoms with Crippen molar-refractivity contribution < 1.29 is 18.7 Å². The number of nitrogens with one attached hydrogen (secondary N) is 2. The minimum absolute atomic E-state index is 0.0853. The van der Waals surface area contributed by atoms with Gasteiger partial charge in [-0.2, -0.15) is 10.2 Å². The molecule has 1 aromatic heterocycles. The Hall–Kier alpha value is -3.74. The van der Waals surface area contributed by atoms with Crippen molar-refractivity contribution >= 4 is 23.6 Å². The second-order valence-electron chi connectivity index (χ2n) is 7.79. The zero-order valence-electron chi connectivity index (χ0n) is 17.4. The first-order valence-corrected chi connectivity index (χ1v) is 10.4. The quantitative estimate of drug-likeness (QED) is 0.697. The molecule has 2 unspecified atom stereocenters. The Morgan fingerprint density at radius 1 is 1.28 bits per heavy atom. The highest BCUT2D eigenvalue weighted by atomic mass is 19.1. The number of carbonyl (C=O) groups is 2. The van der Waals surface area contributed by atoms with E-state index in [2.05, 4.69) is 15.3 Å². The van der Waals surface area contributed by atoms with Gasteiger partial charge in [-0.3, -0.25) is 19.4 Å². The van der Waals surface area contributed by atoms with E-state index in [1.165, 1.54) is 24.3 Å². The largest absolute Gasteiger partial charge is 0.466 e. The van der Waals surface area contributed by atoms with Crippen LogP contribution in [0, 0.1) is 29.0 Å². The molecule has 1 saturated heterocycles. The van der Waals surface area contributed by atoms with Gasteiger partial charge in [-0.1, -0.05) is 12.1 Å². The van der Waals surface area contributed by atoms with Crippen LogP contribution in [-0.4, -0.2) is 41.5 Å². The third-order valence-corrected chi connectivity index (χ3v) is 5.89. The van der Waals surface area contributed by atoms with Crippen molar-refractivity contribution in [3.05, 3.63) is 51.6 Å². The molecule has 2 N–H and O–H groups in total. The van der Waals surface area contributed by atoms with Gasteiger partial charge >= 0.3 is 5.97 Å². The van der Waals surface area contributed by atoms with Gasteiger partial charge in [0, 0.05) is 19.0 Å². The van der Waals surface area contributed by atoms with Crippen LogP contribution in [0.5, 0.6) is 0 Å². The van der Waals surface area contributed by atoms with Gasteiger partial charge in [-0.25, -0.2) is 4.39 Å². The van der Waals surface area contributed by atoms with Gasteiger partial charge in [0.05, 0.1) is 24.2 Å². The number of benzene rings is 1. The van der Waals surface area contributed by atoms with Gasteiger partial charge in [0.2, 0.25) is 11.9 Å². The SMILES string of the molecule is CCOC(=O)C1CCN(c2nc3c(c(=O)[nH]2)C(c2ccc(F)cc2)C(C#N)C(=O)N3)CC1. The van der Waals surface area contributed by atoms with E-state index in [9.17, 15) is 24.0 Å². The number of piperidine rings is 1. The Bertz CT molecular complexity index is 1130. The van der Waals surface area contributed by atoms with Crippen molar-refractivity contribution in [2.75, 3.05) is 29.9 Å². The average molecular weight is 439 g/mol. The van der Waals surface area contributed by atoms with E-state index in [1.54, 1.807) is 6.92 Å². The van der Waals surface area contributed by atoms with Gasteiger partial charge in [0.25, 0.3) is 5.56 Å². The molecule has 2 aliphatic heterocycles. The van der Waals surface area contributed by atoms with Gasteiger partial charge < -0.3 is 15.0 Å². The van der Waals surface area contributed by atoms with Crippen LogP contribution in [0.25, 0.3) is 0 Å². The summed E-state index contributed by atoms with van der Waals surface area (Å²) in [5.41, 5.74) is 0.157. The molecule has 32 heavy (non-hydrogen) atoms. The number of fused-ring (bicyclic) bond motifs is 1. The second-order valence-corrected chi connectivity index (χ2v) is 7.79. The van der Waals surface area contributed by atoms with Crippen LogP contribution in [-0.2, 0) is 14.3 Å². The first-order valence-electron chi connectivity index (χ1n) is 10.4. The third kappa shape index (κ3) is 3.93. The fourth-order valence-electron chi connectivity index (χ4n) is 4.27. The minimum atomic E-state index is -1.15. The molecule has 2 aliphatic rings. The maximum Gasteiger partial charge on any atom is 0.309 e. The average Bonchev–Trinajstić information content (AvgIpc) is 2.79. The van der Waals surface area contributed by atoms with E-state index in [0.717, 1.165) is 0 Å². The fourth-order valence-corrected chi connectivity index (χ4v) is 4.27. The summed E-state index contributed by atoms with van der Waals surface area (Å²) in [5, 5.41) is 12.1. The summed E-state index contributed by atoms with van der Waals surface area (Å²) in [7, 11) is 0. The van der Waals surface area contributed by atoms with E-state index < -0.39 is 29.1 Å². The van der Waals surface area contributed by atoms with Gasteiger partial charge in [0.1, 0.15) is 17.6 Å². The van der Waals surface area contributed by atoms with Gasteiger partial charge in [-0.15, -0.1) is 0 Å². The highest BCUT2D eigenvalue weighted by Crippen LogP contribution is 2.38. The zero-order valence-corrected chi connectivity index (χ0v) is 17.4. The van der Waals surface area contributed by atoms with Crippen LogP contribution in [0.3, 0.4) is 0 Å². The van der Waals surface area contributed by atoms with E-state index in [0.29, 0.717) is 38.1 Å². The van der Waals surface area contributed by atoms with Crippen LogP contribution >= 0.6 is 0 Å². The maximum absolute atomic E-state index is 13.4. The first-order chi connectivity index (χ1) is 15.4.